The van der Waals surface area contributed by atoms with Crippen molar-refractivity contribution in [3.05, 3.63) is 52.3 Å². The normalized spacial score (nSPS) is 10.4. The molecule has 0 saturated heterocycles. The van der Waals surface area contributed by atoms with Gasteiger partial charge in [-0.25, -0.2) is 0 Å². The summed E-state index contributed by atoms with van der Waals surface area (Å²) in [6.07, 6.45) is 3.58. The van der Waals surface area contributed by atoms with Gasteiger partial charge in [-0.1, -0.05) is 23.7 Å². The second-order valence-corrected chi connectivity index (χ2v) is 4.54. The molecule has 0 aliphatic rings. The Morgan fingerprint density at radius 3 is 2.89 bits per heavy atom. The smallest absolute Gasteiger partial charge is 0.253 e. The first kappa shape index (κ1) is 12.6. The SMILES string of the molecule is Cc1cccc(Cl)c1C(=O)NCc1cnn(C)c1. The molecule has 0 aliphatic carbocycles. The van der Waals surface area contributed by atoms with E-state index in [0.717, 1.165) is 11.1 Å². The summed E-state index contributed by atoms with van der Waals surface area (Å²) in [5.74, 6) is -0.165. The van der Waals surface area contributed by atoms with E-state index >= 15 is 0 Å². The van der Waals surface area contributed by atoms with Gasteiger partial charge >= 0.3 is 0 Å². The fourth-order valence-corrected chi connectivity index (χ4v) is 2.06. The number of hydrogen-bond donors (Lipinski definition) is 1. The summed E-state index contributed by atoms with van der Waals surface area (Å²) in [5, 5.41) is 7.35. The van der Waals surface area contributed by atoms with E-state index in [9.17, 15) is 4.79 Å². The van der Waals surface area contributed by atoms with Crippen molar-refractivity contribution in [3.8, 4) is 0 Å². The van der Waals surface area contributed by atoms with Crippen molar-refractivity contribution in [2.75, 3.05) is 0 Å². The van der Waals surface area contributed by atoms with Crippen molar-refractivity contribution in [1.82, 2.24) is 15.1 Å². The molecule has 94 valence electrons. The van der Waals surface area contributed by atoms with Gasteiger partial charge in [0.2, 0.25) is 0 Å². The van der Waals surface area contributed by atoms with Crippen molar-refractivity contribution >= 4 is 17.5 Å². The van der Waals surface area contributed by atoms with Crippen molar-refractivity contribution in [2.24, 2.45) is 7.05 Å². The zero-order valence-electron chi connectivity index (χ0n) is 10.3. The summed E-state index contributed by atoms with van der Waals surface area (Å²) < 4.78 is 1.70. The van der Waals surface area contributed by atoms with Crippen LogP contribution in [-0.4, -0.2) is 15.7 Å². The Labute approximate surface area is 111 Å². The molecular formula is C13H14ClN3O. The van der Waals surface area contributed by atoms with Crippen LogP contribution in [0.1, 0.15) is 21.5 Å². The Morgan fingerprint density at radius 2 is 2.28 bits per heavy atom. The summed E-state index contributed by atoms with van der Waals surface area (Å²) in [7, 11) is 1.84. The topological polar surface area (TPSA) is 46.9 Å². The second-order valence-electron chi connectivity index (χ2n) is 4.14. The van der Waals surface area contributed by atoms with E-state index in [1.165, 1.54) is 0 Å². The predicted molar refractivity (Wildman–Crippen MR) is 70.6 cm³/mol. The van der Waals surface area contributed by atoms with E-state index in [1.807, 2.05) is 32.3 Å². The molecule has 0 aliphatic heterocycles. The molecule has 1 heterocycles. The van der Waals surface area contributed by atoms with Crippen molar-refractivity contribution < 1.29 is 4.79 Å². The molecule has 1 N–H and O–H groups in total. The van der Waals surface area contributed by atoms with Gasteiger partial charge in [0.1, 0.15) is 0 Å². The van der Waals surface area contributed by atoms with Crippen LogP contribution < -0.4 is 5.32 Å². The lowest BCUT2D eigenvalue weighted by atomic mass is 10.1. The average Bonchev–Trinajstić information content (AvgIpc) is 2.72. The van der Waals surface area contributed by atoms with E-state index in [2.05, 4.69) is 10.4 Å². The van der Waals surface area contributed by atoms with Gasteiger partial charge in [-0.3, -0.25) is 9.48 Å². The summed E-state index contributed by atoms with van der Waals surface area (Å²) >= 11 is 6.03. The molecule has 1 aromatic carbocycles. The van der Waals surface area contributed by atoms with Crippen molar-refractivity contribution in [1.29, 1.82) is 0 Å². The number of carbonyl (C=O) groups is 1. The number of nitrogens with zero attached hydrogens (tertiary/aromatic N) is 2. The number of halogens is 1. The zero-order valence-corrected chi connectivity index (χ0v) is 11.0. The standard InChI is InChI=1S/C13H14ClN3O/c1-9-4-3-5-11(14)12(9)13(18)15-6-10-7-16-17(2)8-10/h3-5,7-8H,6H2,1-2H3,(H,15,18). The lowest BCUT2D eigenvalue weighted by Crippen LogP contribution is -2.23. The van der Waals surface area contributed by atoms with Gasteiger partial charge in [0.15, 0.2) is 0 Å². The number of aryl methyl sites for hydroxylation is 2. The first-order valence-corrected chi connectivity index (χ1v) is 5.96. The molecule has 0 bridgehead atoms. The van der Waals surface area contributed by atoms with Gasteiger partial charge in [-0.05, 0) is 18.6 Å². The Bertz CT molecular complexity index is 557. The molecule has 0 saturated carbocycles. The van der Waals surface area contributed by atoms with E-state index in [4.69, 9.17) is 11.6 Å². The molecule has 2 rings (SSSR count). The van der Waals surface area contributed by atoms with Crippen LogP contribution >= 0.6 is 11.6 Å². The van der Waals surface area contributed by atoms with Gasteiger partial charge in [-0.15, -0.1) is 0 Å². The molecule has 0 radical (unpaired) electrons. The molecule has 0 spiro atoms. The molecule has 5 heteroatoms. The fraction of sp³-hybridized carbons (Fsp3) is 0.231. The van der Waals surface area contributed by atoms with Gasteiger partial charge in [0, 0.05) is 25.4 Å². The highest BCUT2D eigenvalue weighted by Crippen LogP contribution is 2.19. The molecular weight excluding hydrogens is 250 g/mol. The Balaban J connectivity index is 2.08. The molecule has 18 heavy (non-hydrogen) atoms. The Morgan fingerprint density at radius 1 is 1.50 bits per heavy atom. The molecule has 1 amide bonds. The monoisotopic (exact) mass is 263 g/mol. The third-order valence-electron chi connectivity index (χ3n) is 2.66. The largest absolute Gasteiger partial charge is 0.348 e. The van der Waals surface area contributed by atoms with Crippen LogP contribution in [0, 0.1) is 6.92 Å². The zero-order chi connectivity index (χ0) is 13.1. The van der Waals surface area contributed by atoms with Crippen LogP contribution in [0.2, 0.25) is 5.02 Å². The van der Waals surface area contributed by atoms with Crippen molar-refractivity contribution in [3.63, 3.8) is 0 Å². The summed E-state index contributed by atoms with van der Waals surface area (Å²) in [5.41, 5.74) is 2.35. The maximum absolute atomic E-state index is 12.0. The molecule has 2 aromatic rings. The molecule has 4 nitrogen and oxygen atoms in total. The minimum absolute atomic E-state index is 0.165. The quantitative estimate of drug-likeness (QED) is 0.924. The van der Waals surface area contributed by atoms with E-state index < -0.39 is 0 Å². The van der Waals surface area contributed by atoms with E-state index in [0.29, 0.717) is 17.1 Å². The first-order chi connectivity index (χ1) is 8.58. The fourth-order valence-electron chi connectivity index (χ4n) is 1.75. The first-order valence-electron chi connectivity index (χ1n) is 5.59. The van der Waals surface area contributed by atoms with Crippen LogP contribution in [0.3, 0.4) is 0 Å². The summed E-state index contributed by atoms with van der Waals surface area (Å²) in [4.78, 5) is 12.0. The van der Waals surface area contributed by atoms with E-state index in [-0.39, 0.29) is 5.91 Å². The Hall–Kier alpha value is -1.81. The predicted octanol–water partition coefficient (Wildman–Crippen LogP) is 2.31. The number of carbonyl (C=O) groups excluding carboxylic acids is 1. The highest BCUT2D eigenvalue weighted by Gasteiger charge is 2.12. The highest BCUT2D eigenvalue weighted by atomic mass is 35.5. The van der Waals surface area contributed by atoms with Crippen molar-refractivity contribution in [2.45, 2.75) is 13.5 Å². The van der Waals surface area contributed by atoms with Gasteiger partial charge < -0.3 is 5.32 Å². The molecule has 0 unspecified atom stereocenters. The van der Waals surface area contributed by atoms with Crippen LogP contribution in [0.4, 0.5) is 0 Å². The third kappa shape index (κ3) is 2.71. The van der Waals surface area contributed by atoms with Gasteiger partial charge in [0.05, 0.1) is 16.8 Å². The van der Waals surface area contributed by atoms with Crippen LogP contribution in [0.25, 0.3) is 0 Å². The van der Waals surface area contributed by atoms with Crippen LogP contribution in [-0.2, 0) is 13.6 Å². The highest BCUT2D eigenvalue weighted by molar-refractivity contribution is 6.34. The van der Waals surface area contributed by atoms with Crippen LogP contribution in [0.15, 0.2) is 30.6 Å². The lowest BCUT2D eigenvalue weighted by molar-refractivity contribution is 0.0950. The number of rotatable bonds is 3. The summed E-state index contributed by atoms with van der Waals surface area (Å²) in [6.45, 7) is 2.31. The minimum Gasteiger partial charge on any atom is -0.348 e. The maximum atomic E-state index is 12.0. The average molecular weight is 264 g/mol. The van der Waals surface area contributed by atoms with Gasteiger partial charge in [0.25, 0.3) is 5.91 Å². The second kappa shape index (κ2) is 5.23. The number of nitrogens with one attached hydrogen (secondary N) is 1. The van der Waals surface area contributed by atoms with Gasteiger partial charge in [-0.2, -0.15) is 5.10 Å². The number of amides is 1. The molecule has 0 atom stereocenters. The number of hydrogen-bond acceptors (Lipinski definition) is 2. The minimum atomic E-state index is -0.165. The maximum Gasteiger partial charge on any atom is 0.253 e. The summed E-state index contributed by atoms with van der Waals surface area (Å²) in [6, 6.07) is 5.41. The van der Waals surface area contributed by atoms with Crippen LogP contribution in [0.5, 0.6) is 0 Å². The molecule has 1 aromatic heterocycles. The number of benzene rings is 1. The number of aromatic nitrogens is 2. The Kier molecular flexibility index (Phi) is 3.67. The third-order valence-corrected chi connectivity index (χ3v) is 2.98. The molecule has 0 fully saturated rings. The lowest BCUT2D eigenvalue weighted by Gasteiger charge is -2.08. The van der Waals surface area contributed by atoms with E-state index in [1.54, 1.807) is 16.9 Å².